The highest BCUT2D eigenvalue weighted by Crippen LogP contribution is 2.26. The molecule has 0 amide bonds. The molecular weight excluding hydrogens is 200 g/mol. The van der Waals surface area contributed by atoms with Crippen molar-refractivity contribution in [1.82, 2.24) is 9.97 Å². The molecule has 0 spiro atoms. The Morgan fingerprint density at radius 1 is 1.25 bits per heavy atom. The van der Waals surface area contributed by atoms with Crippen molar-refractivity contribution in [1.29, 1.82) is 0 Å². The molecule has 1 fully saturated rings. The van der Waals surface area contributed by atoms with Gasteiger partial charge in [0.2, 0.25) is 0 Å². The summed E-state index contributed by atoms with van der Waals surface area (Å²) in [5.41, 5.74) is 1.20. The zero-order valence-electron chi connectivity index (χ0n) is 10.1. The van der Waals surface area contributed by atoms with Crippen molar-refractivity contribution in [3.8, 4) is 0 Å². The Morgan fingerprint density at radius 3 is 2.56 bits per heavy atom. The predicted molar refractivity (Wildman–Crippen MR) is 66.8 cm³/mol. The van der Waals surface area contributed by atoms with Gasteiger partial charge in [0.1, 0.15) is 18.0 Å². The van der Waals surface area contributed by atoms with Crippen LogP contribution in [-0.2, 0) is 6.42 Å². The van der Waals surface area contributed by atoms with Crippen LogP contribution in [0.3, 0.4) is 0 Å². The van der Waals surface area contributed by atoms with Crippen LogP contribution in [0.2, 0.25) is 0 Å². The summed E-state index contributed by atoms with van der Waals surface area (Å²) in [6.07, 6.45) is 6.47. The molecule has 1 heterocycles. The van der Waals surface area contributed by atoms with E-state index in [4.69, 9.17) is 0 Å². The molecule has 88 valence electrons. The minimum absolute atomic E-state index is 0.620. The van der Waals surface area contributed by atoms with E-state index in [0.29, 0.717) is 6.04 Å². The molecule has 4 nitrogen and oxygen atoms in total. The SMILES string of the molecule is CCNc1ncnc(NC2CCC2)c1CC. The van der Waals surface area contributed by atoms with Crippen molar-refractivity contribution in [2.24, 2.45) is 0 Å². The largest absolute Gasteiger partial charge is 0.370 e. The molecule has 0 atom stereocenters. The molecule has 0 unspecified atom stereocenters. The predicted octanol–water partition coefficient (Wildman–Crippen LogP) is 2.44. The molecule has 0 saturated heterocycles. The highest BCUT2D eigenvalue weighted by Gasteiger charge is 2.19. The number of nitrogens with one attached hydrogen (secondary N) is 2. The summed E-state index contributed by atoms with van der Waals surface area (Å²) >= 11 is 0. The number of rotatable bonds is 5. The van der Waals surface area contributed by atoms with Gasteiger partial charge in [0.25, 0.3) is 0 Å². The number of anilines is 2. The lowest BCUT2D eigenvalue weighted by molar-refractivity contribution is 0.444. The molecule has 1 aromatic heterocycles. The summed E-state index contributed by atoms with van der Waals surface area (Å²) in [6.45, 7) is 5.12. The van der Waals surface area contributed by atoms with Crippen LogP contribution in [0.1, 0.15) is 38.7 Å². The number of nitrogens with zero attached hydrogens (tertiary/aromatic N) is 2. The summed E-state index contributed by atoms with van der Waals surface area (Å²) in [5.74, 6) is 1.99. The average molecular weight is 220 g/mol. The summed E-state index contributed by atoms with van der Waals surface area (Å²) < 4.78 is 0. The summed E-state index contributed by atoms with van der Waals surface area (Å²) in [5, 5.41) is 6.79. The first-order valence-electron chi connectivity index (χ1n) is 6.19. The van der Waals surface area contributed by atoms with E-state index in [2.05, 4.69) is 34.4 Å². The van der Waals surface area contributed by atoms with Gasteiger partial charge in [-0.1, -0.05) is 6.92 Å². The summed E-state index contributed by atoms with van der Waals surface area (Å²) in [4.78, 5) is 8.64. The normalized spacial score (nSPS) is 15.6. The second-order valence-electron chi connectivity index (χ2n) is 4.21. The molecule has 4 heteroatoms. The van der Waals surface area contributed by atoms with Gasteiger partial charge in [-0.05, 0) is 32.6 Å². The van der Waals surface area contributed by atoms with E-state index in [1.54, 1.807) is 6.33 Å². The third-order valence-electron chi connectivity index (χ3n) is 3.09. The molecule has 0 bridgehead atoms. The standard InChI is InChI=1S/C12H20N4/c1-3-10-11(13-4-2)14-8-15-12(10)16-9-6-5-7-9/h8-9H,3-7H2,1-2H3,(H2,13,14,15,16). The second kappa shape index (κ2) is 5.14. The molecular formula is C12H20N4. The highest BCUT2D eigenvalue weighted by molar-refractivity contribution is 5.57. The van der Waals surface area contributed by atoms with Crippen LogP contribution in [0, 0.1) is 0 Å². The van der Waals surface area contributed by atoms with Gasteiger partial charge in [0, 0.05) is 18.2 Å². The van der Waals surface area contributed by atoms with Crippen LogP contribution in [-0.4, -0.2) is 22.6 Å². The van der Waals surface area contributed by atoms with Gasteiger partial charge < -0.3 is 10.6 Å². The lowest BCUT2D eigenvalue weighted by Gasteiger charge is -2.28. The highest BCUT2D eigenvalue weighted by atomic mass is 15.1. The molecule has 2 N–H and O–H groups in total. The fourth-order valence-electron chi connectivity index (χ4n) is 1.94. The Bertz CT molecular complexity index is 347. The number of hydrogen-bond acceptors (Lipinski definition) is 4. The van der Waals surface area contributed by atoms with E-state index in [1.807, 2.05) is 0 Å². The Kier molecular flexibility index (Phi) is 3.59. The van der Waals surface area contributed by atoms with Crippen LogP contribution < -0.4 is 10.6 Å². The maximum Gasteiger partial charge on any atom is 0.134 e. The molecule has 0 radical (unpaired) electrons. The van der Waals surface area contributed by atoms with Crippen molar-refractivity contribution in [2.45, 2.75) is 45.6 Å². The molecule has 1 saturated carbocycles. The lowest BCUT2D eigenvalue weighted by Crippen LogP contribution is -2.28. The number of hydrogen-bond donors (Lipinski definition) is 2. The minimum atomic E-state index is 0.620. The van der Waals surface area contributed by atoms with E-state index < -0.39 is 0 Å². The van der Waals surface area contributed by atoms with Crippen molar-refractivity contribution in [3.63, 3.8) is 0 Å². The van der Waals surface area contributed by atoms with Crippen molar-refractivity contribution >= 4 is 11.6 Å². The molecule has 0 aromatic carbocycles. The number of aromatic nitrogens is 2. The quantitative estimate of drug-likeness (QED) is 0.800. The summed E-state index contributed by atoms with van der Waals surface area (Å²) in [6, 6.07) is 0.620. The molecule has 1 aliphatic rings. The average Bonchev–Trinajstić information content (AvgIpc) is 2.24. The molecule has 16 heavy (non-hydrogen) atoms. The summed E-state index contributed by atoms with van der Waals surface area (Å²) in [7, 11) is 0. The topological polar surface area (TPSA) is 49.8 Å². The van der Waals surface area contributed by atoms with Gasteiger partial charge in [0.05, 0.1) is 0 Å². The van der Waals surface area contributed by atoms with Gasteiger partial charge in [0.15, 0.2) is 0 Å². The van der Waals surface area contributed by atoms with Crippen LogP contribution in [0.5, 0.6) is 0 Å². The molecule has 0 aliphatic heterocycles. The lowest BCUT2D eigenvalue weighted by atomic mass is 9.93. The maximum absolute atomic E-state index is 4.35. The Labute approximate surface area is 96.9 Å². The molecule has 2 rings (SSSR count). The van der Waals surface area contributed by atoms with Crippen molar-refractivity contribution in [2.75, 3.05) is 17.2 Å². The van der Waals surface area contributed by atoms with Gasteiger partial charge in [-0.15, -0.1) is 0 Å². The van der Waals surface area contributed by atoms with Crippen LogP contribution in [0.4, 0.5) is 11.6 Å². The zero-order valence-corrected chi connectivity index (χ0v) is 10.1. The van der Waals surface area contributed by atoms with Crippen LogP contribution in [0.15, 0.2) is 6.33 Å². The Morgan fingerprint density at radius 2 is 2.00 bits per heavy atom. The van der Waals surface area contributed by atoms with E-state index in [-0.39, 0.29) is 0 Å². The third kappa shape index (κ3) is 2.26. The Hall–Kier alpha value is -1.32. The van der Waals surface area contributed by atoms with Gasteiger partial charge in [-0.25, -0.2) is 9.97 Å². The zero-order chi connectivity index (χ0) is 11.4. The molecule has 1 aromatic rings. The van der Waals surface area contributed by atoms with Crippen LogP contribution in [0.25, 0.3) is 0 Å². The Balaban J connectivity index is 2.17. The van der Waals surface area contributed by atoms with E-state index >= 15 is 0 Å². The fourth-order valence-corrected chi connectivity index (χ4v) is 1.94. The van der Waals surface area contributed by atoms with E-state index in [0.717, 1.165) is 24.6 Å². The van der Waals surface area contributed by atoms with Gasteiger partial charge >= 0.3 is 0 Å². The van der Waals surface area contributed by atoms with Gasteiger partial charge in [-0.2, -0.15) is 0 Å². The first-order valence-corrected chi connectivity index (χ1v) is 6.19. The van der Waals surface area contributed by atoms with Crippen LogP contribution >= 0.6 is 0 Å². The smallest absolute Gasteiger partial charge is 0.134 e. The fraction of sp³-hybridized carbons (Fsp3) is 0.667. The minimum Gasteiger partial charge on any atom is -0.370 e. The van der Waals surface area contributed by atoms with Gasteiger partial charge in [-0.3, -0.25) is 0 Å². The maximum atomic E-state index is 4.35. The second-order valence-corrected chi connectivity index (χ2v) is 4.21. The van der Waals surface area contributed by atoms with E-state index in [9.17, 15) is 0 Å². The molecule has 1 aliphatic carbocycles. The monoisotopic (exact) mass is 220 g/mol. The first-order chi connectivity index (χ1) is 7.85. The van der Waals surface area contributed by atoms with Crippen molar-refractivity contribution < 1.29 is 0 Å². The van der Waals surface area contributed by atoms with Crippen molar-refractivity contribution in [3.05, 3.63) is 11.9 Å². The van der Waals surface area contributed by atoms with E-state index in [1.165, 1.54) is 24.8 Å². The third-order valence-corrected chi connectivity index (χ3v) is 3.09. The first kappa shape index (κ1) is 11.2.